The van der Waals surface area contributed by atoms with Gasteiger partial charge >= 0.3 is 5.97 Å². The third-order valence-corrected chi connectivity index (χ3v) is 14.6. The first-order valence-corrected chi connectivity index (χ1v) is 29.8. The number of carboxylic acid groups (broad SMARTS) is 1. The molecule has 1 heterocycles. The van der Waals surface area contributed by atoms with E-state index >= 15 is 0 Å². The second kappa shape index (κ2) is 40.3. The summed E-state index contributed by atoms with van der Waals surface area (Å²) >= 11 is 0. The average Bonchev–Trinajstić information content (AvgIpc) is 1.79. The topological polar surface area (TPSA) is 629 Å². The molecule has 0 aromatic heterocycles. The minimum atomic E-state index is -1.94. The number of amides is 14. The normalized spacial score (nSPS) is 16.2. The molecule has 93 heavy (non-hydrogen) atoms. The van der Waals surface area contributed by atoms with Crippen molar-refractivity contribution in [3.63, 3.8) is 0 Å². The highest BCUT2D eigenvalue weighted by Gasteiger charge is 2.41. The third-order valence-electron chi connectivity index (χ3n) is 14.6. The van der Waals surface area contributed by atoms with Crippen LogP contribution in [0.15, 0.2) is 35.3 Å². The average molecular weight is 1320 g/mol. The molecule has 12 atom stereocenters. The monoisotopic (exact) mass is 1320 g/mol. The van der Waals surface area contributed by atoms with Crippen LogP contribution in [0.3, 0.4) is 0 Å². The summed E-state index contributed by atoms with van der Waals surface area (Å²) in [5.41, 5.74) is 33.4. The number of benzene rings is 1. The minimum absolute atomic E-state index is 0.0484. The van der Waals surface area contributed by atoms with Gasteiger partial charge in [-0.05, 0) is 55.9 Å². The molecule has 1 aliphatic heterocycles. The molecule has 0 saturated carbocycles. The van der Waals surface area contributed by atoms with E-state index < -0.39 is 225 Å². The second-order valence-corrected chi connectivity index (χ2v) is 22.3. The second-order valence-electron chi connectivity index (χ2n) is 22.3. The number of aliphatic carboxylic acids is 1. The van der Waals surface area contributed by atoms with Gasteiger partial charge in [-0.3, -0.25) is 76.9 Å². The summed E-state index contributed by atoms with van der Waals surface area (Å²) in [6.45, 7) is 2.22. The van der Waals surface area contributed by atoms with Crippen LogP contribution in [0.5, 0.6) is 0 Å². The minimum Gasteiger partial charge on any atom is -0.481 e. The summed E-state index contributed by atoms with van der Waals surface area (Å²) < 4.78 is 0. The van der Waals surface area contributed by atoms with Crippen LogP contribution in [0.25, 0.3) is 0 Å². The van der Waals surface area contributed by atoms with Crippen molar-refractivity contribution in [2.45, 2.75) is 165 Å². The van der Waals surface area contributed by atoms with Gasteiger partial charge in [0.2, 0.25) is 82.7 Å². The molecule has 1 fully saturated rings. The Balaban J connectivity index is 2.34. The number of carboxylic acids is 1. The lowest BCUT2D eigenvalue weighted by molar-refractivity contribution is -0.144. The number of hydrogen-bond donors (Lipinski definition) is 20. The van der Waals surface area contributed by atoms with Crippen molar-refractivity contribution >= 4 is 94.6 Å². The largest absolute Gasteiger partial charge is 0.481 e. The number of nitrogens with zero attached hydrogens (tertiary/aromatic N) is 2. The summed E-state index contributed by atoms with van der Waals surface area (Å²) in [4.78, 5) is 203. The van der Waals surface area contributed by atoms with Gasteiger partial charge in [0.1, 0.15) is 66.5 Å². The van der Waals surface area contributed by atoms with Crippen LogP contribution >= 0.6 is 0 Å². The highest BCUT2D eigenvalue weighted by molar-refractivity contribution is 6.00. The molecule has 518 valence electrons. The van der Waals surface area contributed by atoms with Crippen LogP contribution in [-0.4, -0.2) is 226 Å². The van der Waals surface area contributed by atoms with Gasteiger partial charge in [-0.1, -0.05) is 64.4 Å². The van der Waals surface area contributed by atoms with Crippen molar-refractivity contribution in [1.29, 1.82) is 0 Å². The summed E-state index contributed by atoms with van der Waals surface area (Å²) in [6, 6.07) is -8.70. The zero-order valence-corrected chi connectivity index (χ0v) is 52.2. The van der Waals surface area contributed by atoms with Gasteiger partial charge in [0.15, 0.2) is 5.96 Å². The molecule has 12 unspecified atom stereocenters. The molecule has 2 rings (SSSR count). The van der Waals surface area contributed by atoms with E-state index in [2.05, 4.69) is 58.2 Å². The number of guanidine groups is 1. The molecule has 26 N–H and O–H groups in total. The summed E-state index contributed by atoms with van der Waals surface area (Å²) in [7, 11) is 0. The van der Waals surface area contributed by atoms with E-state index in [1.54, 1.807) is 44.2 Å². The number of carbonyl (C=O) groups is 15. The molecule has 37 heteroatoms. The van der Waals surface area contributed by atoms with E-state index in [-0.39, 0.29) is 51.2 Å². The van der Waals surface area contributed by atoms with Crippen LogP contribution in [-0.2, 0) is 78.3 Å². The van der Waals surface area contributed by atoms with Crippen molar-refractivity contribution in [3.05, 3.63) is 35.9 Å². The maximum absolute atomic E-state index is 14.4. The van der Waals surface area contributed by atoms with Gasteiger partial charge in [-0.2, -0.15) is 0 Å². The molecular weight excluding hydrogens is 1230 g/mol. The first kappa shape index (κ1) is 79.5. The predicted molar refractivity (Wildman–Crippen MR) is 327 cm³/mol. The lowest BCUT2D eigenvalue weighted by Crippen LogP contribution is -2.61. The van der Waals surface area contributed by atoms with E-state index in [0.717, 1.165) is 4.90 Å². The lowest BCUT2D eigenvalue weighted by Gasteiger charge is -2.31. The number of primary amides is 3. The molecule has 0 aliphatic carbocycles. The number of aliphatic hydroxyl groups is 3. The number of nitrogens with one attached hydrogen (secondary N) is 10. The zero-order chi connectivity index (χ0) is 70.2. The van der Waals surface area contributed by atoms with Gasteiger partial charge < -0.3 is 113 Å². The van der Waals surface area contributed by atoms with Crippen LogP contribution in [0.4, 0.5) is 0 Å². The van der Waals surface area contributed by atoms with Crippen molar-refractivity contribution in [1.82, 2.24) is 58.1 Å². The van der Waals surface area contributed by atoms with Crippen LogP contribution in [0.2, 0.25) is 0 Å². The fourth-order valence-corrected chi connectivity index (χ4v) is 9.20. The Labute approximate surface area is 534 Å². The summed E-state index contributed by atoms with van der Waals surface area (Å²) in [5, 5.41) is 63.0. The number of carbonyl (C=O) groups excluding carboxylic acids is 14. The fraction of sp³-hybridized carbons (Fsp3) is 0.607. The highest BCUT2D eigenvalue weighted by atomic mass is 16.4. The molecule has 1 aromatic carbocycles. The van der Waals surface area contributed by atoms with E-state index in [1.807, 2.05) is 0 Å². The van der Waals surface area contributed by atoms with Crippen LogP contribution < -0.4 is 87.6 Å². The third kappa shape index (κ3) is 27.8. The molecule has 37 nitrogen and oxygen atoms in total. The van der Waals surface area contributed by atoms with Crippen molar-refractivity contribution in [3.8, 4) is 0 Å². The van der Waals surface area contributed by atoms with E-state index in [9.17, 15) is 92.3 Å². The Morgan fingerprint density at radius 3 is 1.65 bits per heavy atom. The molecule has 1 aromatic rings. The number of aliphatic hydroxyl groups excluding tert-OH is 3. The maximum atomic E-state index is 14.4. The quantitative estimate of drug-likeness (QED) is 0.0164. The molecular formula is C56H90N18O19. The van der Waals surface area contributed by atoms with Gasteiger partial charge in [-0.15, -0.1) is 0 Å². The van der Waals surface area contributed by atoms with E-state index in [0.29, 0.717) is 12.0 Å². The molecule has 1 aliphatic rings. The Kier molecular flexibility index (Phi) is 34.4. The number of hydrogen-bond acceptors (Lipinski definition) is 20. The van der Waals surface area contributed by atoms with Gasteiger partial charge in [-0.25, -0.2) is 0 Å². The van der Waals surface area contributed by atoms with Crippen LogP contribution in [0.1, 0.15) is 97.5 Å². The van der Waals surface area contributed by atoms with Gasteiger partial charge in [0.05, 0.1) is 32.8 Å². The Bertz CT molecular complexity index is 2830. The predicted octanol–water partition coefficient (Wildman–Crippen LogP) is -9.75. The summed E-state index contributed by atoms with van der Waals surface area (Å²) in [6.07, 6.45) is -3.14. The summed E-state index contributed by atoms with van der Waals surface area (Å²) in [5.74, 6) is -17.4. The van der Waals surface area contributed by atoms with E-state index in [4.69, 9.17) is 34.4 Å². The number of aliphatic imine (C=N–C) groups is 1. The zero-order valence-electron chi connectivity index (χ0n) is 52.2. The van der Waals surface area contributed by atoms with Crippen LogP contribution in [0, 0.1) is 11.8 Å². The number of likely N-dealkylation sites (tertiary alicyclic amines) is 1. The molecule has 0 radical (unpaired) electrons. The standard InChI is InChI=1S/C56H90N18O19/c1-5-28(4)44(54(92)68-34(45(60)83)21-29-11-7-6-8-12-29)72-41(80)23-64-47(85)32(15-17-39(58)78)66-51(89)37(26-77)71-52(90)38-14-10-20-74(38)55(93)33(16-18-42(81)82)67-48(86)31(13-9-19-63-56(61)62)65-50(88)36(25-76)70-49(87)35(22-40(59)79)69-53(91)43(27(2)3)73-46(84)30(57)24-75/h6-8,11-12,27-28,30-38,43-44,75-77H,5,9-10,13-26,57H2,1-4H3,(H2,58,78)(H2,59,79)(H2,60,83)(H,64,85)(H,65,88)(H,66,89)(H,67,86)(H,68,92)(H,69,91)(H,70,87)(H,71,90)(H,72,80)(H,73,84)(H,81,82)(H4,61,62,63). The highest BCUT2D eigenvalue weighted by Crippen LogP contribution is 2.21. The first-order valence-electron chi connectivity index (χ1n) is 29.8. The maximum Gasteiger partial charge on any atom is 0.303 e. The fourth-order valence-electron chi connectivity index (χ4n) is 9.20. The Morgan fingerprint density at radius 2 is 1.11 bits per heavy atom. The Hall–Kier alpha value is -9.62. The first-order chi connectivity index (χ1) is 43.8. The SMILES string of the molecule is CCC(C)C(NC(=O)CNC(=O)C(CCC(N)=O)NC(=O)C(CO)NC(=O)C1CCCN1C(=O)C(CCC(=O)O)NC(=O)C(CCCN=C(N)N)NC(=O)C(CO)NC(=O)C(CC(N)=O)NC(=O)C(NC(=O)C(N)CO)C(C)C)C(=O)NC(Cc1ccccc1)C(N)=O. The molecule has 14 amide bonds. The van der Waals surface area contributed by atoms with Crippen molar-refractivity contribution in [2.24, 2.45) is 51.2 Å². The van der Waals surface area contributed by atoms with Crippen molar-refractivity contribution < 1.29 is 92.3 Å². The Morgan fingerprint density at radius 1 is 0.581 bits per heavy atom. The van der Waals surface area contributed by atoms with E-state index in [1.165, 1.54) is 13.8 Å². The van der Waals surface area contributed by atoms with Gasteiger partial charge in [0, 0.05) is 32.4 Å². The number of nitrogens with two attached hydrogens (primary N) is 6. The molecule has 1 saturated heterocycles. The number of rotatable bonds is 42. The lowest BCUT2D eigenvalue weighted by atomic mass is 9.97. The molecule has 0 spiro atoms. The van der Waals surface area contributed by atoms with Gasteiger partial charge in [0.25, 0.3) is 0 Å². The van der Waals surface area contributed by atoms with Crippen molar-refractivity contribution in [2.75, 3.05) is 39.5 Å². The molecule has 0 bridgehead atoms. The smallest absolute Gasteiger partial charge is 0.303 e.